The number of nitrogens with one attached hydrogen (secondary N) is 1. The number of rotatable bonds is 10. The van der Waals surface area contributed by atoms with Crippen LogP contribution in [0.15, 0.2) is 0 Å². The van der Waals surface area contributed by atoms with Gasteiger partial charge in [-0.3, -0.25) is 0 Å². The molecule has 1 unspecified atom stereocenters. The number of nitrogens with zero attached hydrogens (tertiary/aromatic N) is 1. The first-order chi connectivity index (χ1) is 9.65. The molecule has 1 N–H and O–H groups in total. The summed E-state index contributed by atoms with van der Waals surface area (Å²) in [6.45, 7) is 12.4. The predicted molar refractivity (Wildman–Crippen MR) is 87.3 cm³/mol. The topological polar surface area (TPSA) is 24.5 Å². The van der Waals surface area contributed by atoms with Gasteiger partial charge in [-0.05, 0) is 57.5 Å². The van der Waals surface area contributed by atoms with Crippen LogP contribution in [-0.2, 0) is 4.74 Å². The maximum Gasteiger partial charge on any atom is 0.0701 e. The quantitative estimate of drug-likeness (QED) is 0.623. The van der Waals surface area contributed by atoms with Gasteiger partial charge >= 0.3 is 0 Å². The van der Waals surface area contributed by atoms with Crippen LogP contribution in [0.3, 0.4) is 0 Å². The summed E-state index contributed by atoms with van der Waals surface area (Å²) in [5.74, 6) is 0. The molecule has 0 spiro atoms. The molecule has 3 heteroatoms. The Morgan fingerprint density at radius 1 is 1.20 bits per heavy atom. The van der Waals surface area contributed by atoms with Crippen LogP contribution in [0, 0.1) is 5.41 Å². The summed E-state index contributed by atoms with van der Waals surface area (Å²) in [4.78, 5) is 2.50. The lowest BCUT2D eigenvalue weighted by atomic mass is 9.81. The van der Waals surface area contributed by atoms with E-state index >= 15 is 0 Å². The monoisotopic (exact) mass is 284 g/mol. The van der Waals surface area contributed by atoms with Crippen molar-refractivity contribution >= 4 is 0 Å². The summed E-state index contributed by atoms with van der Waals surface area (Å²) in [7, 11) is 2.26. The van der Waals surface area contributed by atoms with Gasteiger partial charge in [0.05, 0.1) is 6.10 Å². The Morgan fingerprint density at radius 2 is 1.95 bits per heavy atom. The van der Waals surface area contributed by atoms with Gasteiger partial charge in [-0.25, -0.2) is 0 Å². The van der Waals surface area contributed by atoms with Gasteiger partial charge in [-0.2, -0.15) is 0 Å². The van der Waals surface area contributed by atoms with Crippen molar-refractivity contribution in [3.63, 3.8) is 0 Å². The predicted octanol–water partition coefficient (Wildman–Crippen LogP) is 3.29. The molecule has 20 heavy (non-hydrogen) atoms. The molecule has 0 aromatic carbocycles. The van der Waals surface area contributed by atoms with E-state index in [1.807, 2.05) is 0 Å². The summed E-state index contributed by atoms with van der Waals surface area (Å²) in [5.41, 5.74) is 0.415. The molecule has 120 valence electrons. The van der Waals surface area contributed by atoms with Gasteiger partial charge in [-0.15, -0.1) is 0 Å². The van der Waals surface area contributed by atoms with Gasteiger partial charge < -0.3 is 15.0 Å². The van der Waals surface area contributed by atoms with Crippen LogP contribution < -0.4 is 5.32 Å². The fourth-order valence-corrected chi connectivity index (χ4v) is 3.25. The molecule has 1 saturated heterocycles. The standard InChI is InChI=1S/C17H36N2O/c1-5-11-18-14-17(6-2,7-3)15-19(4)13-16-10-8-9-12-20-16/h16,18H,5-15H2,1-4H3. The second-order valence-electron chi connectivity index (χ2n) is 6.57. The summed E-state index contributed by atoms with van der Waals surface area (Å²) in [5, 5.41) is 3.63. The van der Waals surface area contributed by atoms with Crippen molar-refractivity contribution in [1.82, 2.24) is 10.2 Å². The largest absolute Gasteiger partial charge is 0.377 e. The van der Waals surface area contributed by atoms with Gasteiger partial charge in [0, 0.05) is 26.2 Å². The molecule has 0 aromatic rings. The van der Waals surface area contributed by atoms with E-state index in [-0.39, 0.29) is 0 Å². The SMILES string of the molecule is CCCNCC(CC)(CC)CN(C)CC1CCCCO1. The molecule has 1 heterocycles. The highest BCUT2D eigenvalue weighted by Crippen LogP contribution is 2.27. The van der Waals surface area contributed by atoms with Gasteiger partial charge in [0.1, 0.15) is 0 Å². The van der Waals surface area contributed by atoms with Crippen molar-refractivity contribution in [2.24, 2.45) is 5.41 Å². The molecule has 0 saturated carbocycles. The average Bonchev–Trinajstić information content (AvgIpc) is 2.47. The van der Waals surface area contributed by atoms with E-state index in [0.29, 0.717) is 11.5 Å². The highest BCUT2D eigenvalue weighted by molar-refractivity contribution is 4.83. The zero-order valence-electron chi connectivity index (χ0n) is 14.2. The molecule has 1 aliphatic heterocycles. The van der Waals surface area contributed by atoms with Crippen LogP contribution in [0.4, 0.5) is 0 Å². The molecular formula is C17H36N2O. The third-order valence-corrected chi connectivity index (χ3v) is 4.82. The minimum absolute atomic E-state index is 0.415. The lowest BCUT2D eigenvalue weighted by Crippen LogP contribution is -2.45. The minimum Gasteiger partial charge on any atom is -0.377 e. The van der Waals surface area contributed by atoms with Gasteiger partial charge in [0.2, 0.25) is 0 Å². The van der Waals surface area contributed by atoms with Crippen molar-refractivity contribution < 1.29 is 4.74 Å². The second-order valence-corrected chi connectivity index (χ2v) is 6.57. The van der Waals surface area contributed by atoms with E-state index < -0.39 is 0 Å². The zero-order chi connectivity index (χ0) is 14.8. The van der Waals surface area contributed by atoms with Crippen LogP contribution in [0.2, 0.25) is 0 Å². The first-order valence-corrected chi connectivity index (χ1v) is 8.66. The number of hydrogen-bond donors (Lipinski definition) is 1. The molecule has 0 aliphatic carbocycles. The molecule has 1 fully saturated rings. The van der Waals surface area contributed by atoms with Crippen LogP contribution in [-0.4, -0.2) is 50.8 Å². The smallest absolute Gasteiger partial charge is 0.0701 e. The second kappa shape index (κ2) is 9.75. The van der Waals surface area contributed by atoms with Crippen molar-refractivity contribution in [3.8, 4) is 0 Å². The minimum atomic E-state index is 0.415. The Morgan fingerprint density at radius 3 is 2.50 bits per heavy atom. The maximum absolute atomic E-state index is 5.87. The third kappa shape index (κ3) is 6.11. The normalized spacial score (nSPS) is 20.6. The van der Waals surface area contributed by atoms with Crippen molar-refractivity contribution in [2.75, 3.05) is 39.8 Å². The highest BCUT2D eigenvalue weighted by atomic mass is 16.5. The molecule has 3 nitrogen and oxygen atoms in total. The lowest BCUT2D eigenvalue weighted by molar-refractivity contribution is -0.00849. The molecule has 1 aliphatic rings. The van der Waals surface area contributed by atoms with Gasteiger partial charge in [0.25, 0.3) is 0 Å². The molecule has 0 bridgehead atoms. The first kappa shape index (κ1) is 17.9. The average molecular weight is 284 g/mol. The summed E-state index contributed by atoms with van der Waals surface area (Å²) >= 11 is 0. The van der Waals surface area contributed by atoms with Gasteiger partial charge in [0.15, 0.2) is 0 Å². The molecular weight excluding hydrogens is 248 g/mol. The number of ether oxygens (including phenoxy) is 1. The first-order valence-electron chi connectivity index (χ1n) is 8.66. The number of hydrogen-bond acceptors (Lipinski definition) is 3. The molecule has 0 aromatic heterocycles. The van der Waals surface area contributed by atoms with E-state index in [1.54, 1.807) is 0 Å². The molecule has 0 radical (unpaired) electrons. The fraction of sp³-hybridized carbons (Fsp3) is 1.00. The third-order valence-electron chi connectivity index (χ3n) is 4.82. The Hall–Kier alpha value is -0.120. The van der Waals surface area contributed by atoms with Crippen molar-refractivity contribution in [2.45, 2.75) is 65.4 Å². The molecule has 0 amide bonds. The van der Waals surface area contributed by atoms with Crippen molar-refractivity contribution in [1.29, 1.82) is 0 Å². The zero-order valence-corrected chi connectivity index (χ0v) is 14.2. The van der Waals surface area contributed by atoms with E-state index in [1.165, 1.54) is 45.1 Å². The van der Waals surface area contributed by atoms with Gasteiger partial charge in [-0.1, -0.05) is 20.8 Å². The molecule has 1 atom stereocenters. The summed E-state index contributed by atoms with van der Waals surface area (Å²) in [6.07, 6.45) is 7.99. The van der Waals surface area contributed by atoms with E-state index in [4.69, 9.17) is 4.74 Å². The Labute approximate surface area is 126 Å². The van der Waals surface area contributed by atoms with E-state index in [0.717, 1.165) is 26.2 Å². The van der Waals surface area contributed by atoms with E-state index in [9.17, 15) is 0 Å². The van der Waals surface area contributed by atoms with Crippen LogP contribution in [0.1, 0.15) is 59.3 Å². The Kier molecular flexibility index (Phi) is 8.74. The summed E-state index contributed by atoms with van der Waals surface area (Å²) in [6, 6.07) is 0. The van der Waals surface area contributed by atoms with Crippen LogP contribution in [0.5, 0.6) is 0 Å². The Balaban J connectivity index is 2.41. The fourth-order valence-electron chi connectivity index (χ4n) is 3.25. The summed E-state index contributed by atoms with van der Waals surface area (Å²) < 4.78 is 5.87. The van der Waals surface area contributed by atoms with Crippen LogP contribution in [0.25, 0.3) is 0 Å². The Bertz CT molecular complexity index is 235. The lowest BCUT2D eigenvalue weighted by Gasteiger charge is -2.37. The van der Waals surface area contributed by atoms with Crippen LogP contribution >= 0.6 is 0 Å². The molecule has 1 rings (SSSR count). The highest BCUT2D eigenvalue weighted by Gasteiger charge is 2.28. The van der Waals surface area contributed by atoms with E-state index in [2.05, 4.69) is 38.0 Å². The maximum atomic E-state index is 5.87. The number of likely N-dealkylation sites (N-methyl/N-ethyl adjacent to an activating group) is 1. The van der Waals surface area contributed by atoms with Crippen molar-refractivity contribution in [3.05, 3.63) is 0 Å².